The van der Waals surface area contributed by atoms with Gasteiger partial charge in [0.15, 0.2) is 0 Å². The number of alkyl halides is 4. The van der Waals surface area contributed by atoms with Gasteiger partial charge in [0.25, 0.3) is 0 Å². The number of hydrogen-bond donors (Lipinski definition) is 1. The van der Waals surface area contributed by atoms with Crippen LogP contribution in [0.5, 0.6) is 0 Å². The van der Waals surface area contributed by atoms with Crippen LogP contribution in [0.2, 0.25) is 0 Å². The van der Waals surface area contributed by atoms with E-state index in [0.29, 0.717) is 18.9 Å². The Bertz CT molecular complexity index is 304. The van der Waals surface area contributed by atoms with Crippen molar-refractivity contribution in [2.24, 2.45) is 23.0 Å². The van der Waals surface area contributed by atoms with E-state index in [1.807, 2.05) is 0 Å². The fourth-order valence-corrected chi connectivity index (χ4v) is 2.73. The van der Waals surface area contributed by atoms with Crippen molar-refractivity contribution in [3.05, 3.63) is 0 Å². The summed E-state index contributed by atoms with van der Waals surface area (Å²) in [6.45, 7) is 5.37. The normalized spacial score (nSPS) is 28.9. The van der Waals surface area contributed by atoms with Crippen LogP contribution >= 0.6 is 0 Å². The van der Waals surface area contributed by atoms with E-state index in [4.69, 9.17) is 10.5 Å². The van der Waals surface area contributed by atoms with Crippen LogP contribution < -0.4 is 5.73 Å². The van der Waals surface area contributed by atoms with E-state index in [1.54, 1.807) is 0 Å². The first-order valence-electron chi connectivity index (χ1n) is 7.05. The number of rotatable bonds is 5. The third kappa shape index (κ3) is 4.58. The van der Waals surface area contributed by atoms with E-state index in [-0.39, 0.29) is 11.3 Å². The number of hydrogen-bond acceptors (Lipinski definition) is 2. The van der Waals surface area contributed by atoms with E-state index in [0.717, 1.165) is 12.8 Å². The van der Waals surface area contributed by atoms with Crippen LogP contribution in [0.4, 0.5) is 17.6 Å². The summed E-state index contributed by atoms with van der Waals surface area (Å²) in [7, 11) is 0. The monoisotopic (exact) mass is 299 g/mol. The molecule has 120 valence electrons. The predicted octanol–water partition coefficient (Wildman–Crippen LogP) is 3.69. The first kappa shape index (κ1) is 17.7. The lowest BCUT2D eigenvalue weighted by atomic mass is 9.68. The van der Waals surface area contributed by atoms with Crippen LogP contribution in [-0.4, -0.2) is 31.6 Å². The number of ether oxygens (including phenoxy) is 1. The second-order valence-corrected chi connectivity index (χ2v) is 6.78. The lowest BCUT2D eigenvalue weighted by molar-refractivity contribution is -0.186. The van der Waals surface area contributed by atoms with Gasteiger partial charge in [-0.1, -0.05) is 20.8 Å². The maximum atomic E-state index is 13.0. The van der Waals surface area contributed by atoms with Crippen LogP contribution in [0.15, 0.2) is 0 Å². The molecule has 2 nitrogen and oxygen atoms in total. The minimum absolute atomic E-state index is 0.0259. The second-order valence-electron chi connectivity index (χ2n) is 6.78. The molecule has 0 aromatic heterocycles. The van der Waals surface area contributed by atoms with Crippen molar-refractivity contribution >= 4 is 0 Å². The summed E-state index contributed by atoms with van der Waals surface area (Å²) in [5.41, 5.74) is 5.68. The first-order valence-corrected chi connectivity index (χ1v) is 7.05. The van der Waals surface area contributed by atoms with Crippen molar-refractivity contribution in [2.45, 2.75) is 58.5 Å². The summed E-state index contributed by atoms with van der Waals surface area (Å²) in [6, 6.07) is 0. The Morgan fingerprint density at radius 1 is 1.20 bits per heavy atom. The molecule has 0 aromatic rings. The van der Waals surface area contributed by atoms with Gasteiger partial charge < -0.3 is 10.5 Å². The Balaban J connectivity index is 2.64. The van der Waals surface area contributed by atoms with Crippen molar-refractivity contribution < 1.29 is 22.3 Å². The third-order valence-electron chi connectivity index (χ3n) is 4.27. The van der Waals surface area contributed by atoms with E-state index in [2.05, 4.69) is 20.8 Å². The Hall–Kier alpha value is -0.360. The number of halogens is 4. The highest BCUT2D eigenvalue weighted by Gasteiger charge is 2.43. The fraction of sp³-hybridized carbons (Fsp3) is 1.00. The molecule has 0 spiro atoms. The van der Waals surface area contributed by atoms with Gasteiger partial charge in [0.2, 0.25) is 0 Å². The lowest BCUT2D eigenvalue weighted by Gasteiger charge is -2.41. The molecule has 0 aromatic carbocycles. The molecule has 1 aliphatic carbocycles. The molecule has 0 bridgehead atoms. The van der Waals surface area contributed by atoms with E-state index in [9.17, 15) is 17.6 Å². The first-order chi connectivity index (χ1) is 9.08. The summed E-state index contributed by atoms with van der Waals surface area (Å²) in [5, 5.41) is 0. The van der Waals surface area contributed by atoms with Gasteiger partial charge in [-0.15, -0.1) is 0 Å². The molecular weight excluding hydrogens is 274 g/mol. The molecule has 0 saturated heterocycles. The summed E-state index contributed by atoms with van der Waals surface area (Å²) in [6.07, 6.45) is -1.78. The van der Waals surface area contributed by atoms with Crippen molar-refractivity contribution in [3.63, 3.8) is 0 Å². The molecular formula is C14H25F4NO. The Morgan fingerprint density at radius 2 is 1.80 bits per heavy atom. The van der Waals surface area contributed by atoms with Gasteiger partial charge >= 0.3 is 12.3 Å². The second kappa shape index (κ2) is 6.60. The number of nitrogens with two attached hydrogens (primary N) is 1. The van der Waals surface area contributed by atoms with E-state index in [1.165, 1.54) is 0 Å². The van der Waals surface area contributed by atoms with Crippen molar-refractivity contribution in [2.75, 3.05) is 13.2 Å². The largest absolute Gasteiger partial charge is 0.371 e. The van der Waals surface area contributed by atoms with Crippen molar-refractivity contribution in [3.8, 4) is 0 Å². The van der Waals surface area contributed by atoms with Gasteiger partial charge in [-0.25, -0.2) is 8.78 Å². The SMILES string of the molecule is CC(C)(C)C1CCC(CN)C(OCC(F)(F)C(F)F)C1. The maximum Gasteiger partial charge on any atom is 0.330 e. The molecule has 0 amide bonds. The summed E-state index contributed by atoms with van der Waals surface area (Å²) < 4.78 is 55.4. The molecule has 3 unspecified atom stereocenters. The molecule has 2 N–H and O–H groups in total. The van der Waals surface area contributed by atoms with Crippen LogP contribution in [0, 0.1) is 17.3 Å². The van der Waals surface area contributed by atoms with Crippen LogP contribution in [0.3, 0.4) is 0 Å². The summed E-state index contributed by atoms with van der Waals surface area (Å²) in [4.78, 5) is 0. The van der Waals surface area contributed by atoms with Gasteiger partial charge in [0, 0.05) is 0 Å². The zero-order chi connectivity index (χ0) is 15.6. The maximum absolute atomic E-state index is 13.0. The van der Waals surface area contributed by atoms with E-state index < -0.39 is 25.1 Å². The standard InChI is InChI=1S/C14H25F4NO/c1-13(2,3)10-5-4-9(7-19)11(6-10)20-8-14(17,18)12(15)16/h9-12H,4-8,19H2,1-3H3. The van der Waals surface area contributed by atoms with Gasteiger partial charge in [-0.3, -0.25) is 0 Å². The van der Waals surface area contributed by atoms with Gasteiger partial charge in [0.1, 0.15) is 6.61 Å². The van der Waals surface area contributed by atoms with Crippen molar-refractivity contribution in [1.29, 1.82) is 0 Å². The van der Waals surface area contributed by atoms with Gasteiger partial charge in [0.05, 0.1) is 6.10 Å². The highest BCUT2D eigenvalue weighted by atomic mass is 19.3. The fourth-order valence-electron chi connectivity index (χ4n) is 2.73. The molecule has 0 heterocycles. The molecule has 1 rings (SSSR count). The highest BCUT2D eigenvalue weighted by Crippen LogP contribution is 2.41. The summed E-state index contributed by atoms with van der Waals surface area (Å²) >= 11 is 0. The summed E-state index contributed by atoms with van der Waals surface area (Å²) in [5.74, 6) is -3.79. The highest BCUT2D eigenvalue weighted by molar-refractivity contribution is 4.87. The molecule has 0 radical (unpaired) electrons. The van der Waals surface area contributed by atoms with Crippen molar-refractivity contribution in [1.82, 2.24) is 0 Å². The Kier molecular flexibility index (Phi) is 5.84. The third-order valence-corrected chi connectivity index (χ3v) is 4.27. The molecule has 3 atom stereocenters. The molecule has 20 heavy (non-hydrogen) atoms. The minimum atomic E-state index is -4.09. The zero-order valence-corrected chi connectivity index (χ0v) is 12.3. The minimum Gasteiger partial charge on any atom is -0.371 e. The molecule has 1 fully saturated rings. The molecule has 6 heteroatoms. The molecule has 0 aliphatic heterocycles. The van der Waals surface area contributed by atoms with Crippen LogP contribution in [0.25, 0.3) is 0 Å². The Morgan fingerprint density at radius 3 is 2.25 bits per heavy atom. The lowest BCUT2D eigenvalue weighted by Crippen LogP contribution is -2.43. The van der Waals surface area contributed by atoms with Crippen LogP contribution in [0.1, 0.15) is 40.0 Å². The molecule has 1 saturated carbocycles. The average Bonchev–Trinajstić information content (AvgIpc) is 2.34. The zero-order valence-electron chi connectivity index (χ0n) is 12.3. The molecule has 1 aliphatic rings. The predicted molar refractivity (Wildman–Crippen MR) is 70.0 cm³/mol. The average molecular weight is 299 g/mol. The van der Waals surface area contributed by atoms with E-state index >= 15 is 0 Å². The Labute approximate surface area is 118 Å². The smallest absolute Gasteiger partial charge is 0.330 e. The van der Waals surface area contributed by atoms with Gasteiger partial charge in [-0.2, -0.15) is 8.78 Å². The topological polar surface area (TPSA) is 35.2 Å². The van der Waals surface area contributed by atoms with Gasteiger partial charge in [-0.05, 0) is 43.1 Å². The quantitative estimate of drug-likeness (QED) is 0.786. The van der Waals surface area contributed by atoms with Crippen LogP contribution in [-0.2, 0) is 4.74 Å².